The summed E-state index contributed by atoms with van der Waals surface area (Å²) in [6.45, 7) is 7.60. The van der Waals surface area contributed by atoms with Crippen LogP contribution in [0.4, 0.5) is 0 Å². The number of ketones is 1. The van der Waals surface area contributed by atoms with Gasteiger partial charge in [0, 0.05) is 5.56 Å². The van der Waals surface area contributed by atoms with Gasteiger partial charge in [-0.25, -0.2) is 0 Å². The average Bonchev–Trinajstić information content (AvgIpc) is 2.46. The van der Waals surface area contributed by atoms with Crippen molar-refractivity contribution in [2.75, 3.05) is 0 Å². The first kappa shape index (κ1) is 17.4. The van der Waals surface area contributed by atoms with Crippen molar-refractivity contribution in [3.63, 3.8) is 0 Å². The van der Waals surface area contributed by atoms with E-state index < -0.39 is 5.79 Å². The van der Waals surface area contributed by atoms with E-state index in [0.717, 1.165) is 0 Å². The maximum absolute atomic E-state index is 12.6. The highest BCUT2D eigenvalue weighted by Gasteiger charge is 2.39. The average molecular weight is 316 g/mol. The summed E-state index contributed by atoms with van der Waals surface area (Å²) in [5.74, 6) is -1.29. The maximum Gasteiger partial charge on any atom is 0.195 e. The standard InChI is InChI=1S/C19H24O4/c1-13(2)22-19(23-14(3)4)11-10-16(17(20)12-19)18(21)15-8-6-5-7-9-15/h5-11,13-14,21H,12H2,1-4H3. The molecular formula is C19H24O4. The van der Waals surface area contributed by atoms with Crippen LogP contribution in [-0.2, 0) is 14.3 Å². The van der Waals surface area contributed by atoms with Crippen molar-refractivity contribution in [1.29, 1.82) is 0 Å². The smallest absolute Gasteiger partial charge is 0.195 e. The maximum atomic E-state index is 12.6. The predicted octanol–water partition coefficient (Wildman–Crippen LogP) is 4.03. The van der Waals surface area contributed by atoms with Crippen molar-refractivity contribution in [2.45, 2.75) is 52.1 Å². The number of carbonyl (C=O) groups is 1. The summed E-state index contributed by atoms with van der Waals surface area (Å²) in [5, 5.41) is 10.4. The second kappa shape index (κ2) is 7.11. The van der Waals surface area contributed by atoms with E-state index in [0.29, 0.717) is 5.56 Å². The van der Waals surface area contributed by atoms with E-state index in [9.17, 15) is 9.90 Å². The third-order valence-electron chi connectivity index (χ3n) is 3.38. The number of benzene rings is 1. The highest BCUT2D eigenvalue weighted by molar-refractivity contribution is 6.05. The van der Waals surface area contributed by atoms with Crippen LogP contribution < -0.4 is 0 Å². The van der Waals surface area contributed by atoms with Gasteiger partial charge in [-0.1, -0.05) is 30.3 Å². The molecule has 0 bridgehead atoms. The molecule has 0 saturated heterocycles. The number of ether oxygens (including phenoxy) is 2. The molecule has 0 unspecified atom stereocenters. The fourth-order valence-electron chi connectivity index (χ4n) is 2.63. The SMILES string of the molecule is CC(C)OC1(OC(C)C)C=CC(=C(O)c2ccccc2)C(=O)C1. The van der Waals surface area contributed by atoms with Crippen molar-refractivity contribution in [2.24, 2.45) is 0 Å². The molecule has 0 radical (unpaired) electrons. The fraction of sp³-hybridized carbons (Fsp3) is 0.421. The van der Waals surface area contributed by atoms with Gasteiger partial charge in [-0.3, -0.25) is 4.79 Å². The highest BCUT2D eigenvalue weighted by Crippen LogP contribution is 2.32. The molecule has 0 fully saturated rings. The number of hydrogen-bond acceptors (Lipinski definition) is 4. The molecule has 4 heteroatoms. The molecule has 4 nitrogen and oxygen atoms in total. The van der Waals surface area contributed by atoms with Gasteiger partial charge in [0.2, 0.25) is 0 Å². The van der Waals surface area contributed by atoms with Gasteiger partial charge in [0.05, 0.1) is 24.2 Å². The number of aliphatic hydroxyl groups excluding tert-OH is 1. The van der Waals surface area contributed by atoms with Gasteiger partial charge in [-0.2, -0.15) is 0 Å². The van der Waals surface area contributed by atoms with Gasteiger partial charge in [0.25, 0.3) is 0 Å². The van der Waals surface area contributed by atoms with Crippen LogP contribution in [0.15, 0.2) is 48.1 Å². The zero-order valence-corrected chi connectivity index (χ0v) is 14.1. The fourth-order valence-corrected chi connectivity index (χ4v) is 2.63. The van der Waals surface area contributed by atoms with E-state index in [1.165, 1.54) is 0 Å². The summed E-state index contributed by atoms with van der Waals surface area (Å²) in [5.41, 5.74) is 0.897. The lowest BCUT2D eigenvalue weighted by atomic mass is 9.92. The van der Waals surface area contributed by atoms with Crippen LogP contribution in [0.2, 0.25) is 0 Å². The topological polar surface area (TPSA) is 55.8 Å². The first-order valence-electron chi connectivity index (χ1n) is 7.90. The van der Waals surface area contributed by atoms with Gasteiger partial charge in [-0.15, -0.1) is 0 Å². The van der Waals surface area contributed by atoms with Crippen LogP contribution >= 0.6 is 0 Å². The van der Waals surface area contributed by atoms with Gasteiger partial charge in [0.15, 0.2) is 11.6 Å². The minimum atomic E-state index is -1.07. The Bertz CT molecular complexity index is 602. The Morgan fingerprint density at radius 3 is 2.13 bits per heavy atom. The molecule has 0 saturated carbocycles. The van der Waals surface area contributed by atoms with Crippen LogP contribution in [0.5, 0.6) is 0 Å². The Morgan fingerprint density at radius 1 is 1.09 bits per heavy atom. The first-order chi connectivity index (χ1) is 10.8. The molecule has 2 rings (SSSR count). The van der Waals surface area contributed by atoms with E-state index in [-0.39, 0.29) is 35.7 Å². The number of allylic oxidation sites excluding steroid dienone is 2. The van der Waals surface area contributed by atoms with E-state index in [1.54, 1.807) is 24.3 Å². The molecular weight excluding hydrogens is 292 g/mol. The molecule has 0 spiro atoms. The molecule has 1 N–H and O–H groups in total. The normalized spacial score (nSPS) is 19.5. The summed E-state index contributed by atoms with van der Waals surface area (Å²) < 4.78 is 11.7. The summed E-state index contributed by atoms with van der Waals surface area (Å²) >= 11 is 0. The predicted molar refractivity (Wildman–Crippen MR) is 89.9 cm³/mol. The highest BCUT2D eigenvalue weighted by atomic mass is 16.7. The Balaban J connectivity index is 2.37. The van der Waals surface area contributed by atoms with E-state index >= 15 is 0 Å². The van der Waals surface area contributed by atoms with Gasteiger partial charge >= 0.3 is 0 Å². The molecule has 1 aromatic rings. The summed E-state index contributed by atoms with van der Waals surface area (Å²) in [7, 11) is 0. The van der Waals surface area contributed by atoms with Crippen molar-refractivity contribution < 1.29 is 19.4 Å². The molecule has 0 aliphatic heterocycles. The molecule has 124 valence electrons. The van der Waals surface area contributed by atoms with E-state index in [4.69, 9.17) is 9.47 Å². The number of hydrogen-bond donors (Lipinski definition) is 1. The molecule has 1 aromatic carbocycles. The van der Waals surface area contributed by atoms with E-state index in [2.05, 4.69) is 0 Å². The zero-order valence-electron chi connectivity index (χ0n) is 14.1. The Hall–Kier alpha value is -1.91. The quantitative estimate of drug-likeness (QED) is 0.506. The van der Waals surface area contributed by atoms with Crippen LogP contribution in [0.25, 0.3) is 5.76 Å². The van der Waals surface area contributed by atoms with Gasteiger partial charge < -0.3 is 14.6 Å². The number of aliphatic hydroxyl groups is 1. The number of Topliss-reactive ketones (excluding diaryl/α,β-unsaturated/α-hetero) is 1. The number of carbonyl (C=O) groups excluding carboxylic acids is 1. The summed E-state index contributed by atoms with van der Waals surface area (Å²) in [6.07, 6.45) is 3.20. The lowest BCUT2D eigenvalue weighted by molar-refractivity contribution is -0.239. The Labute approximate surface area is 137 Å². The van der Waals surface area contributed by atoms with Crippen LogP contribution in [0.3, 0.4) is 0 Å². The van der Waals surface area contributed by atoms with Crippen LogP contribution in [-0.4, -0.2) is 28.9 Å². The monoisotopic (exact) mass is 316 g/mol. The Morgan fingerprint density at radius 2 is 1.65 bits per heavy atom. The molecule has 0 atom stereocenters. The van der Waals surface area contributed by atoms with Crippen molar-refractivity contribution in [3.05, 3.63) is 53.6 Å². The van der Waals surface area contributed by atoms with Gasteiger partial charge in [0.1, 0.15) is 5.76 Å². The molecule has 0 heterocycles. The lowest BCUT2D eigenvalue weighted by Gasteiger charge is -2.36. The Kier molecular flexibility index (Phi) is 5.39. The van der Waals surface area contributed by atoms with Crippen LogP contribution in [0, 0.1) is 0 Å². The van der Waals surface area contributed by atoms with Gasteiger partial charge in [-0.05, 0) is 39.8 Å². The third-order valence-corrected chi connectivity index (χ3v) is 3.38. The zero-order chi connectivity index (χ0) is 17.0. The minimum Gasteiger partial charge on any atom is -0.507 e. The molecule has 1 aliphatic carbocycles. The summed E-state index contributed by atoms with van der Waals surface area (Å²) in [4.78, 5) is 12.6. The number of rotatable bonds is 5. The van der Waals surface area contributed by atoms with Crippen molar-refractivity contribution in [3.8, 4) is 0 Å². The largest absolute Gasteiger partial charge is 0.507 e. The van der Waals surface area contributed by atoms with Crippen molar-refractivity contribution >= 4 is 11.5 Å². The molecule has 0 aromatic heterocycles. The summed E-state index contributed by atoms with van der Waals surface area (Å²) in [6, 6.07) is 9.02. The van der Waals surface area contributed by atoms with Crippen LogP contribution in [0.1, 0.15) is 39.7 Å². The minimum absolute atomic E-state index is 0.0189. The first-order valence-corrected chi connectivity index (χ1v) is 7.90. The second-order valence-corrected chi connectivity index (χ2v) is 6.21. The second-order valence-electron chi connectivity index (χ2n) is 6.21. The third kappa shape index (κ3) is 4.30. The van der Waals surface area contributed by atoms with Crippen molar-refractivity contribution in [1.82, 2.24) is 0 Å². The lowest BCUT2D eigenvalue weighted by Crippen LogP contribution is -2.42. The molecule has 23 heavy (non-hydrogen) atoms. The van der Waals surface area contributed by atoms with E-state index in [1.807, 2.05) is 45.9 Å². The molecule has 0 amide bonds. The molecule has 1 aliphatic rings.